The summed E-state index contributed by atoms with van der Waals surface area (Å²) in [6.07, 6.45) is 5.17. The lowest BCUT2D eigenvalue weighted by atomic mass is 10.1. The third-order valence-electron chi connectivity index (χ3n) is 2.27. The second-order valence-corrected chi connectivity index (χ2v) is 3.31. The van der Waals surface area contributed by atoms with Crippen molar-refractivity contribution >= 4 is 17.3 Å². The summed E-state index contributed by atoms with van der Waals surface area (Å²) in [4.78, 5) is 17.4. The largest absolute Gasteiger partial charge is 0.345 e. The predicted octanol–water partition coefficient (Wildman–Crippen LogP) is 2.08. The summed E-state index contributed by atoms with van der Waals surface area (Å²) in [6.45, 7) is 0. The summed E-state index contributed by atoms with van der Waals surface area (Å²) >= 11 is 0. The lowest BCUT2D eigenvalue weighted by molar-refractivity contribution is -0.107. The van der Waals surface area contributed by atoms with E-state index in [9.17, 15) is 4.79 Å². The normalized spacial score (nSPS) is 10.6. The Labute approximate surface area is 82.2 Å². The number of rotatable bonds is 4. The van der Waals surface area contributed by atoms with Gasteiger partial charge in [-0.1, -0.05) is 6.07 Å². The number of carbonyl (C=O) groups is 1. The van der Waals surface area contributed by atoms with Gasteiger partial charge in [-0.3, -0.25) is 0 Å². The summed E-state index contributed by atoms with van der Waals surface area (Å²) in [5.74, 6) is 0. The number of nitrogens with one attached hydrogen (secondary N) is 1. The predicted molar refractivity (Wildman–Crippen MR) is 55.1 cm³/mol. The quantitative estimate of drug-likeness (QED) is 0.589. The Morgan fingerprint density at radius 1 is 1.43 bits per heavy atom. The summed E-state index contributed by atoms with van der Waals surface area (Å²) in [6, 6.07) is 6.16. The number of H-pyrrole nitrogens is 1. The van der Waals surface area contributed by atoms with Crippen LogP contribution in [0.4, 0.5) is 0 Å². The van der Waals surface area contributed by atoms with Gasteiger partial charge in [0.1, 0.15) is 6.29 Å². The molecule has 0 aliphatic rings. The van der Waals surface area contributed by atoms with Crippen molar-refractivity contribution in [1.29, 1.82) is 0 Å². The monoisotopic (exact) mass is 188 g/mol. The number of nitrogens with zero attached hydrogens (tertiary/aromatic N) is 1. The number of benzene rings is 1. The molecule has 1 aromatic heterocycles. The lowest BCUT2D eigenvalue weighted by Crippen LogP contribution is -1.86. The number of aromatic nitrogens is 2. The topological polar surface area (TPSA) is 45.8 Å². The third kappa shape index (κ3) is 1.82. The van der Waals surface area contributed by atoms with Gasteiger partial charge in [0.15, 0.2) is 0 Å². The van der Waals surface area contributed by atoms with E-state index in [1.165, 1.54) is 5.56 Å². The first kappa shape index (κ1) is 8.94. The number of aldehydes is 1. The average Bonchev–Trinajstić information content (AvgIpc) is 2.65. The van der Waals surface area contributed by atoms with Crippen molar-refractivity contribution in [2.24, 2.45) is 0 Å². The zero-order chi connectivity index (χ0) is 9.80. The first-order chi connectivity index (χ1) is 6.90. The van der Waals surface area contributed by atoms with Gasteiger partial charge in [0.2, 0.25) is 0 Å². The second-order valence-electron chi connectivity index (χ2n) is 3.31. The first-order valence-electron chi connectivity index (χ1n) is 4.76. The Bertz CT molecular complexity index is 434. The molecule has 2 rings (SSSR count). The van der Waals surface area contributed by atoms with Crippen LogP contribution in [0.25, 0.3) is 11.0 Å². The van der Waals surface area contributed by atoms with E-state index in [0.29, 0.717) is 6.42 Å². The SMILES string of the molecule is O=CCCCc1ccc2nc[nH]c2c1. The van der Waals surface area contributed by atoms with Gasteiger partial charge in [-0.05, 0) is 30.5 Å². The summed E-state index contributed by atoms with van der Waals surface area (Å²) in [7, 11) is 0. The van der Waals surface area contributed by atoms with Gasteiger partial charge in [-0.2, -0.15) is 0 Å². The van der Waals surface area contributed by atoms with Gasteiger partial charge in [0, 0.05) is 6.42 Å². The van der Waals surface area contributed by atoms with Crippen LogP contribution in [0.1, 0.15) is 18.4 Å². The minimum atomic E-state index is 0.640. The molecule has 3 heteroatoms. The van der Waals surface area contributed by atoms with Crippen LogP contribution in [0.2, 0.25) is 0 Å². The van der Waals surface area contributed by atoms with Crippen molar-refractivity contribution in [1.82, 2.24) is 9.97 Å². The number of unbranched alkanes of at least 4 members (excludes halogenated alkanes) is 1. The molecule has 0 aliphatic carbocycles. The molecule has 0 saturated heterocycles. The Morgan fingerprint density at radius 2 is 2.36 bits per heavy atom. The molecule has 0 saturated carbocycles. The molecule has 3 nitrogen and oxygen atoms in total. The van der Waals surface area contributed by atoms with Crippen LogP contribution in [0.3, 0.4) is 0 Å². The average molecular weight is 188 g/mol. The zero-order valence-electron chi connectivity index (χ0n) is 7.86. The third-order valence-corrected chi connectivity index (χ3v) is 2.27. The number of fused-ring (bicyclic) bond motifs is 1. The van der Waals surface area contributed by atoms with E-state index >= 15 is 0 Å². The van der Waals surface area contributed by atoms with Gasteiger partial charge in [0.05, 0.1) is 17.4 Å². The molecule has 0 unspecified atom stereocenters. The molecular formula is C11H12N2O. The Morgan fingerprint density at radius 3 is 3.21 bits per heavy atom. The van der Waals surface area contributed by atoms with Crippen molar-refractivity contribution in [3.05, 3.63) is 30.1 Å². The highest BCUT2D eigenvalue weighted by Crippen LogP contribution is 2.13. The van der Waals surface area contributed by atoms with Crippen molar-refractivity contribution in [2.45, 2.75) is 19.3 Å². The first-order valence-corrected chi connectivity index (χ1v) is 4.76. The number of imidazole rings is 1. The second kappa shape index (κ2) is 4.05. The van der Waals surface area contributed by atoms with E-state index in [4.69, 9.17) is 0 Å². The molecular weight excluding hydrogens is 176 g/mol. The molecule has 72 valence electrons. The van der Waals surface area contributed by atoms with E-state index < -0.39 is 0 Å². The van der Waals surface area contributed by atoms with Gasteiger partial charge >= 0.3 is 0 Å². The number of aromatic amines is 1. The van der Waals surface area contributed by atoms with Crippen molar-refractivity contribution in [2.75, 3.05) is 0 Å². The molecule has 1 aromatic carbocycles. The van der Waals surface area contributed by atoms with Crippen LogP contribution in [-0.4, -0.2) is 16.3 Å². The van der Waals surface area contributed by atoms with E-state index in [-0.39, 0.29) is 0 Å². The maximum atomic E-state index is 10.1. The van der Waals surface area contributed by atoms with Crippen LogP contribution >= 0.6 is 0 Å². The standard InChI is InChI=1S/C11H12N2O/c14-6-2-1-3-9-4-5-10-11(7-9)13-8-12-10/h4-8H,1-3H2,(H,12,13). The maximum Gasteiger partial charge on any atom is 0.120 e. The minimum absolute atomic E-state index is 0.640. The van der Waals surface area contributed by atoms with E-state index in [0.717, 1.165) is 30.2 Å². The molecule has 0 radical (unpaired) electrons. The fourth-order valence-electron chi connectivity index (χ4n) is 1.53. The molecule has 0 aliphatic heterocycles. The van der Waals surface area contributed by atoms with E-state index in [2.05, 4.69) is 22.1 Å². The Balaban J connectivity index is 2.13. The number of hydrogen-bond donors (Lipinski definition) is 1. The van der Waals surface area contributed by atoms with Crippen LogP contribution in [0.15, 0.2) is 24.5 Å². The van der Waals surface area contributed by atoms with Crippen LogP contribution in [0, 0.1) is 0 Å². The number of hydrogen-bond acceptors (Lipinski definition) is 2. The van der Waals surface area contributed by atoms with Crippen LogP contribution in [0.5, 0.6) is 0 Å². The zero-order valence-corrected chi connectivity index (χ0v) is 7.86. The molecule has 0 fully saturated rings. The molecule has 1 N–H and O–H groups in total. The molecule has 14 heavy (non-hydrogen) atoms. The highest BCUT2D eigenvalue weighted by Gasteiger charge is 1.97. The summed E-state index contributed by atoms with van der Waals surface area (Å²) in [5, 5.41) is 0. The van der Waals surface area contributed by atoms with E-state index in [1.807, 2.05) is 6.07 Å². The van der Waals surface area contributed by atoms with Gasteiger partial charge in [-0.25, -0.2) is 4.98 Å². The maximum absolute atomic E-state index is 10.1. The molecule has 0 amide bonds. The Hall–Kier alpha value is -1.64. The lowest BCUT2D eigenvalue weighted by Gasteiger charge is -1.98. The Kier molecular flexibility index (Phi) is 2.58. The van der Waals surface area contributed by atoms with Crippen LogP contribution in [-0.2, 0) is 11.2 Å². The highest BCUT2D eigenvalue weighted by atomic mass is 16.1. The van der Waals surface area contributed by atoms with Crippen molar-refractivity contribution < 1.29 is 4.79 Å². The smallest absolute Gasteiger partial charge is 0.120 e. The summed E-state index contributed by atoms with van der Waals surface area (Å²) < 4.78 is 0. The van der Waals surface area contributed by atoms with E-state index in [1.54, 1.807) is 6.33 Å². The van der Waals surface area contributed by atoms with Crippen molar-refractivity contribution in [3.8, 4) is 0 Å². The summed E-state index contributed by atoms with van der Waals surface area (Å²) in [5.41, 5.74) is 3.31. The number of aryl methyl sites for hydroxylation is 1. The highest BCUT2D eigenvalue weighted by molar-refractivity contribution is 5.75. The molecule has 0 bridgehead atoms. The minimum Gasteiger partial charge on any atom is -0.345 e. The van der Waals surface area contributed by atoms with Gasteiger partial charge in [0.25, 0.3) is 0 Å². The van der Waals surface area contributed by atoms with Gasteiger partial charge < -0.3 is 9.78 Å². The van der Waals surface area contributed by atoms with Crippen molar-refractivity contribution in [3.63, 3.8) is 0 Å². The number of carbonyl (C=O) groups excluding carboxylic acids is 1. The molecule has 0 atom stereocenters. The fraction of sp³-hybridized carbons (Fsp3) is 0.273. The molecule has 1 heterocycles. The van der Waals surface area contributed by atoms with Crippen LogP contribution < -0.4 is 0 Å². The fourth-order valence-corrected chi connectivity index (χ4v) is 1.53. The molecule has 0 spiro atoms. The van der Waals surface area contributed by atoms with Gasteiger partial charge in [-0.15, -0.1) is 0 Å². The molecule has 2 aromatic rings.